The third-order valence-electron chi connectivity index (χ3n) is 20.1. The SMILES string of the molecule is C[C@H](CC[C@@]1(O)O[C@H]2C[C@H]3[C@@H]4CC[C@@H]5C[C@@H](O[C@@H]6O[C@H](CO)[C@H](O)[C@H](O[C@@H]7O[C@H](CO)[C@H](O)[C@H](O)[C@H]7O)[C@H]6O[C@@H]6O[C@H](CO)[C@H](O)[C@H](O)[C@H]6O)CC[C@]5(C)[C@H]4CC[C@]3(C)[C@H]2[C@@H]1C)CO[C@@H]1O[C@H](CO)[C@H](O)[C@H](O)[C@H]1O. The lowest BCUT2D eigenvalue weighted by Gasteiger charge is -2.61. The van der Waals surface area contributed by atoms with Gasteiger partial charge >= 0.3 is 0 Å². The molecule has 0 radical (unpaired) electrons. The molecule has 5 saturated heterocycles. The van der Waals surface area contributed by atoms with E-state index in [1.807, 2.05) is 6.92 Å². The molecule has 0 amide bonds. The van der Waals surface area contributed by atoms with E-state index in [-0.39, 0.29) is 47.2 Å². The fraction of sp³-hybridized carbons (Fsp3) is 1.00. The summed E-state index contributed by atoms with van der Waals surface area (Å²) in [5.74, 6) is 0.0204. The van der Waals surface area contributed by atoms with Crippen molar-refractivity contribution in [2.45, 2.75) is 233 Å². The van der Waals surface area contributed by atoms with Crippen molar-refractivity contribution in [2.75, 3.05) is 33.0 Å². The molecule has 434 valence electrons. The van der Waals surface area contributed by atoms with Gasteiger partial charge in [0.15, 0.2) is 30.9 Å². The molecule has 4 aliphatic carbocycles. The van der Waals surface area contributed by atoms with E-state index in [1.54, 1.807) is 0 Å². The van der Waals surface area contributed by atoms with Gasteiger partial charge in [-0.3, -0.25) is 0 Å². The third-order valence-corrected chi connectivity index (χ3v) is 20.1. The Kier molecular flexibility index (Phi) is 18.1. The van der Waals surface area contributed by atoms with E-state index in [2.05, 4.69) is 20.8 Å². The summed E-state index contributed by atoms with van der Waals surface area (Å²) in [7, 11) is 0. The predicted molar refractivity (Wildman–Crippen MR) is 252 cm³/mol. The number of rotatable bonds is 16. The van der Waals surface area contributed by atoms with Crippen molar-refractivity contribution < 1.29 is 119 Å². The van der Waals surface area contributed by atoms with Gasteiger partial charge < -0.3 is 119 Å². The average Bonchev–Trinajstić information content (AvgIpc) is 3.85. The summed E-state index contributed by atoms with van der Waals surface area (Å²) in [6.45, 7) is 6.12. The topological polar surface area (TPSA) is 387 Å². The third kappa shape index (κ3) is 10.7. The zero-order chi connectivity index (χ0) is 54.2. The minimum Gasteiger partial charge on any atom is -0.394 e. The lowest BCUT2D eigenvalue weighted by Crippen LogP contribution is -2.67. The Morgan fingerprint density at radius 1 is 0.533 bits per heavy atom. The number of hydrogen-bond acceptors (Lipinski definition) is 24. The van der Waals surface area contributed by atoms with Crippen LogP contribution in [0.1, 0.15) is 91.9 Å². The summed E-state index contributed by atoms with van der Waals surface area (Å²) in [6.07, 6.45) is -24.9. The second kappa shape index (κ2) is 23.1. The molecule has 24 nitrogen and oxygen atoms in total. The summed E-state index contributed by atoms with van der Waals surface area (Å²) in [5, 5.41) is 159. The Morgan fingerprint density at radius 3 is 1.61 bits per heavy atom. The van der Waals surface area contributed by atoms with Crippen LogP contribution in [-0.2, 0) is 42.6 Å². The molecule has 0 bridgehead atoms. The van der Waals surface area contributed by atoms with E-state index in [0.717, 1.165) is 38.5 Å². The molecular weight excluding hydrogens is 997 g/mol. The summed E-state index contributed by atoms with van der Waals surface area (Å²) in [4.78, 5) is 0. The quantitative estimate of drug-likeness (QED) is 0.0656. The second-order valence-electron chi connectivity index (χ2n) is 24.3. The Labute approximate surface area is 436 Å². The van der Waals surface area contributed by atoms with E-state index >= 15 is 0 Å². The first kappa shape index (κ1) is 58.7. The zero-order valence-electron chi connectivity index (χ0n) is 43.2. The number of aliphatic hydroxyl groups is 15. The van der Waals surface area contributed by atoms with Gasteiger partial charge in [-0.2, -0.15) is 0 Å². The van der Waals surface area contributed by atoms with Crippen LogP contribution in [-0.4, -0.2) is 250 Å². The minimum atomic E-state index is -1.91. The van der Waals surface area contributed by atoms with E-state index < -0.39 is 161 Å². The normalized spacial score (nSPS) is 55.4. The van der Waals surface area contributed by atoms with Crippen molar-refractivity contribution in [1.82, 2.24) is 0 Å². The van der Waals surface area contributed by atoms with E-state index in [0.29, 0.717) is 43.4 Å². The van der Waals surface area contributed by atoms with Gasteiger partial charge in [0.1, 0.15) is 97.7 Å². The first-order valence-corrected chi connectivity index (χ1v) is 27.4. The van der Waals surface area contributed by atoms with Crippen LogP contribution < -0.4 is 0 Å². The van der Waals surface area contributed by atoms with Crippen LogP contribution in [0.15, 0.2) is 0 Å². The van der Waals surface area contributed by atoms with Crippen LogP contribution >= 0.6 is 0 Å². The lowest BCUT2D eigenvalue weighted by atomic mass is 9.44. The highest BCUT2D eigenvalue weighted by Gasteiger charge is 2.68. The van der Waals surface area contributed by atoms with Gasteiger partial charge in [-0.1, -0.05) is 27.7 Å². The van der Waals surface area contributed by atoms with Crippen LogP contribution in [0.3, 0.4) is 0 Å². The molecule has 0 unspecified atom stereocenters. The molecule has 24 heteroatoms. The van der Waals surface area contributed by atoms with Crippen molar-refractivity contribution in [3.63, 3.8) is 0 Å². The van der Waals surface area contributed by atoms with Crippen molar-refractivity contribution in [3.05, 3.63) is 0 Å². The van der Waals surface area contributed by atoms with Gasteiger partial charge in [0, 0.05) is 12.3 Å². The molecule has 0 aromatic rings. The molecule has 0 aromatic heterocycles. The monoisotopic (exact) mass is 1080 g/mol. The Balaban J connectivity index is 0.852. The standard InChI is InChI=1S/C51H86O24/c1-20(19-67-45-40(63)37(60)33(56)28(15-52)69-45)7-12-51(66)21(2)32-27(75-51)14-26-24-6-5-22-13-23(8-10-49(22,3)25(24)9-11-50(26,32)4)68-48-44(74-47-42(65)39(62)35(58)30(17-54)71-47)43(36(59)31(18-55)72-48)73-46-41(64)38(61)34(57)29(16-53)70-46/h20-48,52-66H,5-19H2,1-4H3/t20-,21+,22-,23+,24-,25+,26+,27+,28-,29-,30-,31-,32+,33+,34+,35+,36+,37+,38+,39+,40-,41-,42-,43+,44-,45-,46+,47+,48-,49+,50+,51-/m1/s1. The maximum absolute atomic E-state index is 12.1. The molecular formula is C51H86O24. The van der Waals surface area contributed by atoms with Crippen molar-refractivity contribution >= 4 is 0 Å². The second-order valence-corrected chi connectivity index (χ2v) is 24.3. The molecule has 5 aliphatic heterocycles. The van der Waals surface area contributed by atoms with Crippen LogP contribution in [0.25, 0.3) is 0 Å². The Hall–Kier alpha value is -0.960. The first-order valence-electron chi connectivity index (χ1n) is 27.4. The highest BCUT2D eigenvalue weighted by atomic mass is 16.8. The number of aliphatic hydroxyl groups excluding tert-OH is 14. The van der Waals surface area contributed by atoms with Crippen molar-refractivity contribution in [2.24, 2.45) is 52.3 Å². The molecule has 32 atom stereocenters. The van der Waals surface area contributed by atoms with Gasteiger partial charge in [-0.25, -0.2) is 0 Å². The van der Waals surface area contributed by atoms with Gasteiger partial charge in [0.25, 0.3) is 0 Å². The molecule has 15 N–H and O–H groups in total. The van der Waals surface area contributed by atoms with E-state index in [1.165, 1.54) is 0 Å². The van der Waals surface area contributed by atoms with Crippen molar-refractivity contribution in [1.29, 1.82) is 0 Å². The Bertz CT molecular complexity index is 1870. The van der Waals surface area contributed by atoms with Crippen LogP contribution in [0.4, 0.5) is 0 Å². The smallest absolute Gasteiger partial charge is 0.187 e. The fourth-order valence-electron chi connectivity index (χ4n) is 15.6. The summed E-state index contributed by atoms with van der Waals surface area (Å²) in [5.41, 5.74) is -0.117. The molecule has 4 saturated carbocycles. The molecule has 9 rings (SSSR count). The maximum Gasteiger partial charge on any atom is 0.187 e. The summed E-state index contributed by atoms with van der Waals surface area (Å²) < 4.78 is 54.6. The number of hydrogen-bond donors (Lipinski definition) is 15. The average molecular weight is 1080 g/mol. The molecule has 0 aromatic carbocycles. The highest BCUT2D eigenvalue weighted by molar-refractivity contribution is 5.15. The van der Waals surface area contributed by atoms with E-state index in [9.17, 15) is 76.6 Å². The van der Waals surface area contributed by atoms with Gasteiger partial charge in [-0.05, 0) is 104 Å². The van der Waals surface area contributed by atoms with Gasteiger partial charge in [0.05, 0.1) is 45.2 Å². The molecule has 9 fully saturated rings. The fourth-order valence-corrected chi connectivity index (χ4v) is 15.6. The Morgan fingerprint density at radius 2 is 1.04 bits per heavy atom. The highest BCUT2D eigenvalue weighted by Crippen LogP contribution is 2.71. The predicted octanol–water partition coefficient (Wildman–Crippen LogP) is -3.95. The van der Waals surface area contributed by atoms with E-state index in [4.69, 9.17) is 42.6 Å². The summed E-state index contributed by atoms with van der Waals surface area (Å²) >= 11 is 0. The van der Waals surface area contributed by atoms with Crippen molar-refractivity contribution in [3.8, 4) is 0 Å². The van der Waals surface area contributed by atoms with Crippen LogP contribution in [0.2, 0.25) is 0 Å². The molecule has 75 heavy (non-hydrogen) atoms. The number of ether oxygens (including phenoxy) is 9. The van der Waals surface area contributed by atoms with Gasteiger partial charge in [0.2, 0.25) is 0 Å². The van der Waals surface area contributed by atoms with Crippen LogP contribution in [0, 0.1) is 52.3 Å². The molecule has 5 heterocycles. The lowest BCUT2D eigenvalue weighted by molar-refractivity contribution is -0.396. The minimum absolute atomic E-state index is 0.0545. The molecule has 9 aliphatic rings. The van der Waals surface area contributed by atoms with Gasteiger partial charge in [-0.15, -0.1) is 0 Å². The number of fused-ring (bicyclic) bond motifs is 7. The zero-order valence-corrected chi connectivity index (χ0v) is 43.2. The maximum atomic E-state index is 12.1. The largest absolute Gasteiger partial charge is 0.394 e. The van der Waals surface area contributed by atoms with Crippen LogP contribution in [0.5, 0.6) is 0 Å². The first-order chi connectivity index (χ1) is 35.5. The summed E-state index contributed by atoms with van der Waals surface area (Å²) in [6, 6.07) is 0. The molecule has 0 spiro atoms.